The van der Waals surface area contributed by atoms with Gasteiger partial charge in [0.2, 0.25) is 0 Å². The molecular formula is C14H26N2O. The highest BCUT2D eigenvalue weighted by atomic mass is 16.3. The SMILES string of the molecule is CCCn1ccc(CNCC(C)(O)CCC)c1. The van der Waals surface area contributed by atoms with Crippen molar-refractivity contribution in [2.45, 2.75) is 58.7 Å². The molecule has 0 aliphatic heterocycles. The number of aromatic nitrogens is 1. The second-order valence-corrected chi connectivity index (χ2v) is 5.11. The zero-order valence-electron chi connectivity index (χ0n) is 11.4. The first-order valence-corrected chi connectivity index (χ1v) is 6.65. The van der Waals surface area contributed by atoms with Gasteiger partial charge in [-0.15, -0.1) is 0 Å². The number of hydrogen-bond acceptors (Lipinski definition) is 2. The van der Waals surface area contributed by atoms with E-state index in [4.69, 9.17) is 0 Å². The zero-order valence-corrected chi connectivity index (χ0v) is 11.4. The minimum Gasteiger partial charge on any atom is -0.389 e. The fourth-order valence-corrected chi connectivity index (χ4v) is 2.10. The van der Waals surface area contributed by atoms with Crippen LogP contribution in [-0.2, 0) is 13.1 Å². The standard InChI is InChI=1S/C14H26N2O/c1-4-7-14(3,17)12-15-10-13-6-9-16(11-13)8-5-2/h6,9,11,15,17H,4-5,7-8,10,12H2,1-3H3. The molecule has 1 aromatic rings. The predicted molar refractivity (Wildman–Crippen MR) is 72.0 cm³/mol. The van der Waals surface area contributed by atoms with Crippen LogP contribution < -0.4 is 5.32 Å². The largest absolute Gasteiger partial charge is 0.389 e. The minimum absolute atomic E-state index is 0.583. The molecule has 3 nitrogen and oxygen atoms in total. The molecule has 0 aliphatic carbocycles. The van der Waals surface area contributed by atoms with Crippen molar-refractivity contribution in [3.8, 4) is 0 Å². The smallest absolute Gasteiger partial charge is 0.0743 e. The number of nitrogens with one attached hydrogen (secondary N) is 1. The van der Waals surface area contributed by atoms with E-state index in [9.17, 15) is 5.11 Å². The van der Waals surface area contributed by atoms with Crippen molar-refractivity contribution in [2.24, 2.45) is 0 Å². The summed E-state index contributed by atoms with van der Waals surface area (Å²) in [6.45, 7) is 8.73. The van der Waals surface area contributed by atoms with Crippen LogP contribution in [-0.4, -0.2) is 21.8 Å². The lowest BCUT2D eigenvalue weighted by atomic mass is 10.0. The molecule has 1 rings (SSSR count). The Hall–Kier alpha value is -0.800. The maximum Gasteiger partial charge on any atom is 0.0743 e. The molecular weight excluding hydrogens is 212 g/mol. The Labute approximate surface area is 105 Å². The predicted octanol–water partition coefficient (Wildman–Crippen LogP) is 2.54. The van der Waals surface area contributed by atoms with Crippen molar-refractivity contribution < 1.29 is 5.11 Å². The molecule has 1 atom stereocenters. The Bertz CT molecular complexity index is 318. The van der Waals surface area contributed by atoms with Crippen LogP contribution in [0.15, 0.2) is 18.5 Å². The van der Waals surface area contributed by atoms with Crippen molar-refractivity contribution in [3.63, 3.8) is 0 Å². The molecule has 0 saturated heterocycles. The van der Waals surface area contributed by atoms with Gasteiger partial charge in [0.05, 0.1) is 5.60 Å². The quantitative estimate of drug-likeness (QED) is 0.730. The summed E-state index contributed by atoms with van der Waals surface area (Å²) in [5, 5.41) is 13.3. The van der Waals surface area contributed by atoms with Crippen LogP contribution in [0.1, 0.15) is 45.6 Å². The summed E-state index contributed by atoms with van der Waals surface area (Å²) in [5.41, 5.74) is 0.700. The summed E-state index contributed by atoms with van der Waals surface area (Å²) < 4.78 is 2.21. The third-order valence-corrected chi connectivity index (χ3v) is 2.92. The van der Waals surface area contributed by atoms with Crippen LogP contribution in [0.4, 0.5) is 0 Å². The fraction of sp³-hybridized carbons (Fsp3) is 0.714. The molecule has 17 heavy (non-hydrogen) atoms. The molecule has 0 aliphatic rings. The summed E-state index contributed by atoms with van der Waals surface area (Å²) in [5.74, 6) is 0. The highest BCUT2D eigenvalue weighted by Gasteiger charge is 2.17. The first-order chi connectivity index (χ1) is 8.07. The molecule has 0 amide bonds. The van der Waals surface area contributed by atoms with E-state index in [1.165, 1.54) is 5.56 Å². The van der Waals surface area contributed by atoms with Gasteiger partial charge in [0.15, 0.2) is 0 Å². The number of rotatable bonds is 8. The highest BCUT2D eigenvalue weighted by Crippen LogP contribution is 2.10. The van der Waals surface area contributed by atoms with E-state index in [1.807, 2.05) is 6.92 Å². The van der Waals surface area contributed by atoms with Crippen LogP contribution in [0, 0.1) is 0 Å². The maximum absolute atomic E-state index is 10.0. The van der Waals surface area contributed by atoms with Gasteiger partial charge in [0.1, 0.15) is 0 Å². The molecule has 0 saturated carbocycles. The number of nitrogens with zero attached hydrogens (tertiary/aromatic N) is 1. The van der Waals surface area contributed by atoms with Crippen LogP contribution in [0.25, 0.3) is 0 Å². The van der Waals surface area contributed by atoms with Crippen LogP contribution in [0.3, 0.4) is 0 Å². The maximum atomic E-state index is 10.0. The van der Waals surface area contributed by atoms with Crippen LogP contribution in [0.5, 0.6) is 0 Å². The summed E-state index contributed by atoms with van der Waals surface area (Å²) in [6.07, 6.45) is 7.31. The van der Waals surface area contributed by atoms with E-state index in [0.29, 0.717) is 6.54 Å². The Kier molecular flexibility index (Phi) is 5.72. The van der Waals surface area contributed by atoms with E-state index in [1.54, 1.807) is 0 Å². The third kappa shape index (κ3) is 5.37. The van der Waals surface area contributed by atoms with Gasteiger partial charge in [-0.3, -0.25) is 0 Å². The Morgan fingerprint density at radius 1 is 1.35 bits per heavy atom. The van der Waals surface area contributed by atoms with Gasteiger partial charge < -0.3 is 15.0 Å². The second-order valence-electron chi connectivity index (χ2n) is 5.11. The minimum atomic E-state index is -0.583. The summed E-state index contributed by atoms with van der Waals surface area (Å²) >= 11 is 0. The van der Waals surface area contributed by atoms with Crippen molar-refractivity contribution in [1.29, 1.82) is 0 Å². The van der Waals surface area contributed by atoms with Gasteiger partial charge in [-0.1, -0.05) is 20.3 Å². The molecule has 0 radical (unpaired) electrons. The van der Waals surface area contributed by atoms with Crippen LogP contribution in [0.2, 0.25) is 0 Å². The Morgan fingerprint density at radius 3 is 2.76 bits per heavy atom. The normalized spacial score (nSPS) is 14.8. The van der Waals surface area contributed by atoms with Crippen molar-refractivity contribution in [1.82, 2.24) is 9.88 Å². The monoisotopic (exact) mass is 238 g/mol. The summed E-state index contributed by atoms with van der Waals surface area (Å²) in [7, 11) is 0. The first kappa shape index (κ1) is 14.3. The second kappa shape index (κ2) is 6.82. The van der Waals surface area contributed by atoms with E-state index in [2.05, 4.69) is 42.2 Å². The van der Waals surface area contributed by atoms with Crippen molar-refractivity contribution in [2.75, 3.05) is 6.54 Å². The lowest BCUT2D eigenvalue weighted by molar-refractivity contribution is 0.0498. The van der Waals surface area contributed by atoms with Crippen molar-refractivity contribution in [3.05, 3.63) is 24.0 Å². The van der Waals surface area contributed by atoms with E-state index >= 15 is 0 Å². The van der Waals surface area contributed by atoms with E-state index < -0.39 is 5.60 Å². The van der Waals surface area contributed by atoms with Crippen LogP contribution >= 0.6 is 0 Å². The van der Waals surface area contributed by atoms with E-state index in [-0.39, 0.29) is 0 Å². The lowest BCUT2D eigenvalue weighted by Crippen LogP contribution is -2.37. The molecule has 0 bridgehead atoms. The molecule has 0 aromatic carbocycles. The molecule has 1 unspecified atom stereocenters. The van der Waals surface area contributed by atoms with Gasteiger partial charge in [-0.2, -0.15) is 0 Å². The van der Waals surface area contributed by atoms with E-state index in [0.717, 1.165) is 32.4 Å². The molecule has 1 aromatic heterocycles. The van der Waals surface area contributed by atoms with Gasteiger partial charge >= 0.3 is 0 Å². The van der Waals surface area contributed by atoms with Gasteiger partial charge in [0.25, 0.3) is 0 Å². The fourth-order valence-electron chi connectivity index (χ4n) is 2.10. The number of aliphatic hydroxyl groups is 1. The van der Waals surface area contributed by atoms with Crippen molar-refractivity contribution >= 4 is 0 Å². The number of hydrogen-bond donors (Lipinski definition) is 2. The average molecular weight is 238 g/mol. The average Bonchev–Trinajstić information content (AvgIpc) is 2.66. The third-order valence-electron chi connectivity index (χ3n) is 2.92. The van der Waals surface area contributed by atoms with Gasteiger partial charge in [-0.25, -0.2) is 0 Å². The summed E-state index contributed by atoms with van der Waals surface area (Å²) in [4.78, 5) is 0. The molecule has 2 N–H and O–H groups in total. The molecule has 0 spiro atoms. The van der Waals surface area contributed by atoms with Gasteiger partial charge in [0, 0.05) is 32.0 Å². The summed E-state index contributed by atoms with van der Waals surface area (Å²) in [6, 6.07) is 2.14. The highest BCUT2D eigenvalue weighted by molar-refractivity contribution is 5.09. The molecule has 98 valence electrons. The molecule has 0 fully saturated rings. The topological polar surface area (TPSA) is 37.2 Å². The lowest BCUT2D eigenvalue weighted by Gasteiger charge is -2.22. The molecule has 1 heterocycles. The Balaban J connectivity index is 2.30. The zero-order chi connectivity index (χ0) is 12.7. The molecule has 3 heteroatoms. The Morgan fingerprint density at radius 2 is 2.12 bits per heavy atom. The number of aryl methyl sites for hydroxylation is 1. The first-order valence-electron chi connectivity index (χ1n) is 6.65. The van der Waals surface area contributed by atoms with Gasteiger partial charge in [-0.05, 0) is 31.4 Å².